The van der Waals surface area contributed by atoms with Crippen LogP contribution >= 0.6 is 0 Å². The standard InChI is InChI=1S/C13H19N3O/c1-13(2,9-3-4-9)16-12(17)8-5-10(14)7-11(15)6-8/h5-7,9H,3-4,14-15H2,1-2H3,(H,16,17). The SMILES string of the molecule is CC(C)(NC(=O)c1cc(N)cc(N)c1)C1CC1. The molecule has 1 aromatic carbocycles. The Balaban J connectivity index is 2.14. The summed E-state index contributed by atoms with van der Waals surface area (Å²) in [6.07, 6.45) is 2.37. The van der Waals surface area contributed by atoms with Crippen molar-refractivity contribution >= 4 is 17.3 Å². The van der Waals surface area contributed by atoms with Crippen LogP contribution in [0.1, 0.15) is 37.0 Å². The second kappa shape index (κ2) is 3.95. The molecule has 0 bridgehead atoms. The van der Waals surface area contributed by atoms with Crippen molar-refractivity contribution in [2.75, 3.05) is 11.5 Å². The van der Waals surface area contributed by atoms with Gasteiger partial charge in [0.1, 0.15) is 0 Å². The zero-order chi connectivity index (χ0) is 12.6. The molecule has 0 heterocycles. The van der Waals surface area contributed by atoms with Gasteiger partial charge in [-0.1, -0.05) is 0 Å². The number of hydrogen-bond donors (Lipinski definition) is 3. The Bertz CT molecular complexity index is 430. The molecular formula is C13H19N3O. The van der Waals surface area contributed by atoms with Crippen molar-refractivity contribution in [3.05, 3.63) is 23.8 Å². The van der Waals surface area contributed by atoms with E-state index < -0.39 is 0 Å². The summed E-state index contributed by atoms with van der Waals surface area (Å²) in [5.41, 5.74) is 12.7. The van der Waals surface area contributed by atoms with Gasteiger partial charge in [-0.15, -0.1) is 0 Å². The predicted octanol–water partition coefficient (Wildman–Crippen LogP) is 1.77. The Labute approximate surface area is 101 Å². The molecule has 4 heteroatoms. The summed E-state index contributed by atoms with van der Waals surface area (Å²) < 4.78 is 0. The van der Waals surface area contributed by atoms with Gasteiger partial charge >= 0.3 is 0 Å². The maximum Gasteiger partial charge on any atom is 0.251 e. The number of amides is 1. The highest BCUT2D eigenvalue weighted by Gasteiger charge is 2.38. The number of anilines is 2. The molecule has 1 aliphatic carbocycles. The summed E-state index contributed by atoms with van der Waals surface area (Å²) in [5.74, 6) is 0.478. The fourth-order valence-electron chi connectivity index (χ4n) is 2.08. The van der Waals surface area contributed by atoms with Gasteiger partial charge in [-0.05, 0) is 50.8 Å². The van der Waals surface area contributed by atoms with Crippen molar-refractivity contribution in [1.82, 2.24) is 5.32 Å². The van der Waals surface area contributed by atoms with E-state index in [1.165, 1.54) is 12.8 Å². The van der Waals surface area contributed by atoms with E-state index in [0.717, 1.165) is 0 Å². The van der Waals surface area contributed by atoms with Gasteiger partial charge < -0.3 is 16.8 Å². The van der Waals surface area contributed by atoms with Gasteiger partial charge in [-0.3, -0.25) is 4.79 Å². The number of nitrogen functional groups attached to an aromatic ring is 2. The summed E-state index contributed by atoms with van der Waals surface area (Å²) in [6.45, 7) is 4.11. The first kappa shape index (κ1) is 11.8. The number of carbonyl (C=O) groups excluding carboxylic acids is 1. The lowest BCUT2D eigenvalue weighted by molar-refractivity contribution is 0.0903. The number of benzene rings is 1. The van der Waals surface area contributed by atoms with E-state index >= 15 is 0 Å². The molecule has 1 aromatic rings. The van der Waals surface area contributed by atoms with E-state index in [4.69, 9.17) is 11.5 Å². The zero-order valence-corrected chi connectivity index (χ0v) is 10.3. The highest BCUT2D eigenvalue weighted by Crippen LogP contribution is 2.39. The minimum atomic E-state index is -0.156. The van der Waals surface area contributed by atoms with Gasteiger partial charge in [0, 0.05) is 22.5 Å². The van der Waals surface area contributed by atoms with E-state index in [2.05, 4.69) is 19.2 Å². The third kappa shape index (κ3) is 2.70. The molecule has 0 aliphatic heterocycles. The van der Waals surface area contributed by atoms with E-state index in [9.17, 15) is 4.79 Å². The van der Waals surface area contributed by atoms with Gasteiger partial charge in [0.05, 0.1) is 0 Å². The first-order valence-corrected chi connectivity index (χ1v) is 5.87. The van der Waals surface area contributed by atoms with Crippen molar-refractivity contribution in [3.63, 3.8) is 0 Å². The number of hydrogen-bond acceptors (Lipinski definition) is 3. The van der Waals surface area contributed by atoms with Gasteiger partial charge in [0.15, 0.2) is 0 Å². The van der Waals surface area contributed by atoms with Crippen molar-refractivity contribution < 1.29 is 4.79 Å². The molecule has 4 nitrogen and oxygen atoms in total. The smallest absolute Gasteiger partial charge is 0.251 e. The molecule has 92 valence electrons. The van der Waals surface area contributed by atoms with Crippen LogP contribution in [-0.4, -0.2) is 11.4 Å². The Hall–Kier alpha value is -1.71. The third-order valence-electron chi connectivity index (χ3n) is 3.27. The zero-order valence-electron chi connectivity index (χ0n) is 10.3. The molecule has 17 heavy (non-hydrogen) atoms. The molecule has 0 saturated heterocycles. The largest absolute Gasteiger partial charge is 0.399 e. The van der Waals surface area contributed by atoms with Crippen molar-refractivity contribution in [2.24, 2.45) is 5.92 Å². The first-order valence-electron chi connectivity index (χ1n) is 5.87. The number of nitrogens with two attached hydrogens (primary N) is 2. The van der Waals surface area contributed by atoms with E-state index in [-0.39, 0.29) is 11.4 Å². The molecule has 1 saturated carbocycles. The maximum absolute atomic E-state index is 12.1. The lowest BCUT2D eigenvalue weighted by atomic mass is 9.98. The highest BCUT2D eigenvalue weighted by molar-refractivity contribution is 5.96. The normalized spacial score (nSPS) is 15.6. The van der Waals surface area contributed by atoms with E-state index in [0.29, 0.717) is 22.9 Å². The van der Waals surface area contributed by atoms with Crippen LogP contribution in [0.15, 0.2) is 18.2 Å². The minimum absolute atomic E-state index is 0.110. The number of nitrogens with one attached hydrogen (secondary N) is 1. The Morgan fingerprint density at radius 2 is 1.76 bits per heavy atom. The van der Waals surface area contributed by atoms with Crippen LogP contribution in [0.25, 0.3) is 0 Å². The molecular weight excluding hydrogens is 214 g/mol. The number of carbonyl (C=O) groups is 1. The quantitative estimate of drug-likeness (QED) is 0.696. The summed E-state index contributed by atoms with van der Waals surface area (Å²) in [4.78, 5) is 12.1. The van der Waals surface area contributed by atoms with Crippen molar-refractivity contribution in [2.45, 2.75) is 32.2 Å². The molecule has 0 spiro atoms. The van der Waals surface area contributed by atoms with Gasteiger partial charge in [-0.2, -0.15) is 0 Å². The van der Waals surface area contributed by atoms with Crippen LogP contribution in [0.3, 0.4) is 0 Å². The molecule has 1 amide bonds. The summed E-state index contributed by atoms with van der Waals surface area (Å²) in [6, 6.07) is 4.94. The second-order valence-corrected chi connectivity index (χ2v) is 5.34. The van der Waals surface area contributed by atoms with Crippen LogP contribution in [0.2, 0.25) is 0 Å². The molecule has 0 unspecified atom stereocenters. The Morgan fingerprint density at radius 3 is 2.24 bits per heavy atom. The molecule has 2 rings (SSSR count). The van der Waals surface area contributed by atoms with Gasteiger partial charge in [-0.25, -0.2) is 0 Å². The molecule has 5 N–H and O–H groups in total. The summed E-state index contributed by atoms with van der Waals surface area (Å²) >= 11 is 0. The molecule has 0 aromatic heterocycles. The fourth-order valence-corrected chi connectivity index (χ4v) is 2.08. The minimum Gasteiger partial charge on any atom is -0.399 e. The van der Waals surface area contributed by atoms with E-state index in [1.54, 1.807) is 18.2 Å². The van der Waals surface area contributed by atoms with Crippen LogP contribution in [0.5, 0.6) is 0 Å². The van der Waals surface area contributed by atoms with Crippen LogP contribution in [-0.2, 0) is 0 Å². The lowest BCUT2D eigenvalue weighted by Gasteiger charge is -2.26. The highest BCUT2D eigenvalue weighted by atomic mass is 16.1. The Morgan fingerprint density at radius 1 is 1.24 bits per heavy atom. The van der Waals surface area contributed by atoms with E-state index in [1.807, 2.05) is 0 Å². The second-order valence-electron chi connectivity index (χ2n) is 5.34. The summed E-state index contributed by atoms with van der Waals surface area (Å²) in [7, 11) is 0. The van der Waals surface area contributed by atoms with Crippen LogP contribution < -0.4 is 16.8 Å². The number of rotatable bonds is 3. The van der Waals surface area contributed by atoms with Crippen molar-refractivity contribution in [3.8, 4) is 0 Å². The predicted molar refractivity (Wildman–Crippen MR) is 69.5 cm³/mol. The van der Waals surface area contributed by atoms with Crippen molar-refractivity contribution in [1.29, 1.82) is 0 Å². The van der Waals surface area contributed by atoms with Gasteiger partial charge in [0.2, 0.25) is 0 Å². The Kier molecular flexibility index (Phi) is 2.73. The molecule has 1 aliphatic rings. The van der Waals surface area contributed by atoms with Crippen LogP contribution in [0.4, 0.5) is 11.4 Å². The molecule has 1 fully saturated rings. The van der Waals surface area contributed by atoms with Gasteiger partial charge in [0.25, 0.3) is 5.91 Å². The third-order valence-corrected chi connectivity index (χ3v) is 3.27. The van der Waals surface area contributed by atoms with Crippen LogP contribution in [0, 0.1) is 5.92 Å². The topological polar surface area (TPSA) is 81.1 Å². The molecule has 0 radical (unpaired) electrons. The maximum atomic E-state index is 12.1. The summed E-state index contributed by atoms with van der Waals surface area (Å²) in [5, 5.41) is 3.04. The monoisotopic (exact) mass is 233 g/mol. The average molecular weight is 233 g/mol. The fraction of sp³-hybridized carbons (Fsp3) is 0.462. The molecule has 0 atom stereocenters. The lowest BCUT2D eigenvalue weighted by Crippen LogP contribution is -2.45. The first-order chi connectivity index (χ1) is 7.88. The average Bonchev–Trinajstić information content (AvgIpc) is 2.98.